The minimum Gasteiger partial charge on any atom is -0.462 e. The number of nitrogens with zero attached hydrogens (tertiary/aromatic N) is 3. The van der Waals surface area contributed by atoms with Crippen LogP contribution in [0, 0.1) is 11.3 Å². The highest BCUT2D eigenvalue weighted by Gasteiger charge is 2.09. The number of furan rings is 1. The van der Waals surface area contributed by atoms with Crippen molar-refractivity contribution in [3.63, 3.8) is 0 Å². The molecule has 2 rings (SSSR count). The second-order valence-corrected chi connectivity index (χ2v) is 5.77. The van der Waals surface area contributed by atoms with E-state index in [9.17, 15) is 4.79 Å². The van der Waals surface area contributed by atoms with Crippen molar-refractivity contribution in [1.82, 2.24) is 5.43 Å². The van der Waals surface area contributed by atoms with Crippen LogP contribution in [0.15, 0.2) is 56.6 Å². The molecule has 1 N–H and O–H groups in total. The second kappa shape index (κ2) is 9.44. The van der Waals surface area contributed by atoms with E-state index in [2.05, 4.69) is 15.5 Å². The van der Waals surface area contributed by atoms with Crippen molar-refractivity contribution in [2.45, 2.75) is 13.8 Å². The third-order valence-corrected chi connectivity index (χ3v) is 3.80. The number of rotatable bonds is 5. The van der Waals surface area contributed by atoms with Gasteiger partial charge in [0.2, 0.25) is 0 Å². The molecule has 2 aromatic rings. The largest absolute Gasteiger partial charge is 0.462 e. The Hall–Kier alpha value is -3.05. The summed E-state index contributed by atoms with van der Waals surface area (Å²) < 4.78 is 10.5. The molecule has 134 valence electrons. The van der Waals surface area contributed by atoms with E-state index in [4.69, 9.17) is 14.4 Å². The summed E-state index contributed by atoms with van der Waals surface area (Å²) in [5.41, 5.74) is 4.04. The molecule has 0 saturated carbocycles. The van der Waals surface area contributed by atoms with Crippen LogP contribution in [0.2, 0.25) is 0 Å². The molecule has 0 aliphatic rings. The first-order valence-electron chi connectivity index (χ1n) is 7.77. The molecule has 0 spiro atoms. The van der Waals surface area contributed by atoms with Gasteiger partial charge in [-0.2, -0.15) is 10.4 Å². The number of benzene rings is 1. The molecular weight excluding hydrogens is 352 g/mol. The topological polar surface area (TPSA) is 100.0 Å². The Morgan fingerprint density at radius 3 is 2.88 bits per heavy atom. The number of ether oxygens (including phenoxy) is 1. The van der Waals surface area contributed by atoms with Gasteiger partial charge in [-0.1, -0.05) is 30.0 Å². The number of fused-ring (bicyclic) bond motifs is 1. The summed E-state index contributed by atoms with van der Waals surface area (Å²) >= 11 is 1.28. The number of esters is 1. The van der Waals surface area contributed by atoms with E-state index in [-0.39, 0.29) is 12.2 Å². The molecule has 26 heavy (non-hydrogen) atoms. The fourth-order valence-electron chi connectivity index (χ4n) is 1.93. The van der Waals surface area contributed by atoms with Gasteiger partial charge >= 0.3 is 5.97 Å². The minimum atomic E-state index is -0.707. The molecule has 0 bridgehead atoms. The number of hydrogen-bond donors (Lipinski definition) is 1. The maximum atomic E-state index is 11.6. The highest BCUT2D eigenvalue weighted by Crippen LogP contribution is 2.19. The average Bonchev–Trinajstić information content (AvgIpc) is 3.09. The maximum Gasteiger partial charge on any atom is 0.350 e. The van der Waals surface area contributed by atoms with Crippen LogP contribution >= 0.6 is 11.8 Å². The van der Waals surface area contributed by atoms with Crippen LogP contribution < -0.4 is 5.43 Å². The van der Waals surface area contributed by atoms with Crippen LogP contribution in [0.4, 0.5) is 0 Å². The highest BCUT2D eigenvalue weighted by molar-refractivity contribution is 8.13. The summed E-state index contributed by atoms with van der Waals surface area (Å²) in [6, 6.07) is 11.4. The number of hydrogen-bond acceptors (Lipinski definition) is 7. The Labute approximate surface area is 155 Å². The number of carbonyl (C=O) groups excluding carboxylic acids is 1. The fourth-order valence-corrected chi connectivity index (χ4v) is 2.23. The first kappa shape index (κ1) is 19.3. The second-order valence-electron chi connectivity index (χ2n) is 4.97. The summed E-state index contributed by atoms with van der Waals surface area (Å²) in [5.74, 6) is -0.0694. The summed E-state index contributed by atoms with van der Waals surface area (Å²) in [6.45, 7) is 3.66. The van der Waals surface area contributed by atoms with Crippen molar-refractivity contribution in [3.05, 3.63) is 47.9 Å². The maximum absolute atomic E-state index is 11.6. The van der Waals surface area contributed by atoms with Crippen molar-refractivity contribution >= 4 is 39.6 Å². The highest BCUT2D eigenvalue weighted by atomic mass is 32.2. The van der Waals surface area contributed by atoms with Crippen molar-refractivity contribution in [1.29, 1.82) is 5.26 Å². The van der Waals surface area contributed by atoms with Crippen LogP contribution in [-0.4, -0.2) is 29.7 Å². The molecule has 1 aromatic carbocycles. The van der Waals surface area contributed by atoms with E-state index >= 15 is 0 Å². The number of nitrogens with one attached hydrogen (secondary N) is 1. The molecule has 0 unspecified atom stereocenters. The Morgan fingerprint density at radius 1 is 1.46 bits per heavy atom. The zero-order chi connectivity index (χ0) is 18.9. The number of nitriles is 1. The number of thioether (sulfide) groups is 1. The molecule has 1 heterocycles. The van der Waals surface area contributed by atoms with E-state index in [1.165, 1.54) is 11.8 Å². The standard InChI is InChI=1S/C18H18N4O3S/c1-4-24-17(23)14(10-19)11-20-18(26-3)22-21-12(2)16-9-13-7-5-6-8-15(13)25-16/h5-9,11H,4H2,1-3H3,(H,20,22)/b14-11+,21-12?. The smallest absolute Gasteiger partial charge is 0.350 e. The molecule has 0 saturated heterocycles. The third kappa shape index (κ3) is 4.97. The van der Waals surface area contributed by atoms with Crippen LogP contribution in [0.25, 0.3) is 11.0 Å². The van der Waals surface area contributed by atoms with Crippen molar-refractivity contribution < 1.29 is 13.9 Å². The molecule has 0 radical (unpaired) electrons. The zero-order valence-electron chi connectivity index (χ0n) is 14.6. The van der Waals surface area contributed by atoms with Crippen molar-refractivity contribution in [3.8, 4) is 6.07 Å². The monoisotopic (exact) mass is 370 g/mol. The Balaban J connectivity index is 2.14. The van der Waals surface area contributed by atoms with E-state index in [1.807, 2.05) is 30.3 Å². The van der Waals surface area contributed by atoms with Gasteiger partial charge in [0.1, 0.15) is 17.4 Å². The summed E-state index contributed by atoms with van der Waals surface area (Å²) in [7, 11) is 0. The average molecular weight is 370 g/mol. The molecule has 0 fully saturated rings. The van der Waals surface area contributed by atoms with E-state index in [0.717, 1.165) is 17.2 Å². The normalized spacial score (nSPS) is 12.8. The molecule has 0 aliphatic carbocycles. The van der Waals surface area contributed by atoms with Gasteiger partial charge in [-0.25, -0.2) is 9.79 Å². The summed E-state index contributed by atoms with van der Waals surface area (Å²) in [5, 5.41) is 14.6. The van der Waals surface area contributed by atoms with Crippen molar-refractivity contribution in [2.75, 3.05) is 12.9 Å². The third-order valence-electron chi connectivity index (χ3n) is 3.22. The summed E-state index contributed by atoms with van der Waals surface area (Å²) in [6.07, 6.45) is 2.95. The molecule has 0 atom stereocenters. The van der Waals surface area contributed by atoms with Gasteiger partial charge < -0.3 is 9.15 Å². The number of hydrazone groups is 1. The number of carbonyl (C=O) groups is 1. The number of para-hydroxylation sites is 1. The van der Waals surface area contributed by atoms with Crippen LogP contribution in [0.5, 0.6) is 0 Å². The first-order valence-corrected chi connectivity index (χ1v) is 9.00. The fraction of sp³-hybridized carbons (Fsp3) is 0.222. The predicted molar refractivity (Wildman–Crippen MR) is 103 cm³/mol. The minimum absolute atomic E-state index is 0.182. The van der Waals surface area contributed by atoms with Gasteiger partial charge in [-0.15, -0.1) is 0 Å². The Morgan fingerprint density at radius 2 is 2.23 bits per heavy atom. The first-order chi connectivity index (χ1) is 12.6. The summed E-state index contributed by atoms with van der Waals surface area (Å²) in [4.78, 5) is 15.6. The van der Waals surface area contributed by atoms with Gasteiger partial charge in [0.25, 0.3) is 0 Å². The van der Waals surface area contributed by atoms with Gasteiger partial charge in [0.15, 0.2) is 16.5 Å². The van der Waals surface area contributed by atoms with Gasteiger partial charge in [0, 0.05) is 5.39 Å². The van der Waals surface area contributed by atoms with Gasteiger partial charge in [0.05, 0.1) is 12.8 Å². The number of amidine groups is 1. The molecular formula is C18H18N4O3S. The predicted octanol–water partition coefficient (Wildman–Crippen LogP) is 3.44. The SMILES string of the molecule is CCOC(=O)/C(C#N)=C/N=C(NN=C(C)c1cc2ccccc2o1)SC. The quantitative estimate of drug-likeness (QED) is 0.216. The van der Waals surface area contributed by atoms with Crippen LogP contribution in [0.3, 0.4) is 0 Å². The van der Waals surface area contributed by atoms with E-state index in [1.54, 1.807) is 26.2 Å². The molecule has 7 nitrogen and oxygen atoms in total. The lowest BCUT2D eigenvalue weighted by Gasteiger charge is -2.02. The lowest BCUT2D eigenvalue weighted by Crippen LogP contribution is -2.15. The van der Waals surface area contributed by atoms with E-state index in [0.29, 0.717) is 16.6 Å². The van der Waals surface area contributed by atoms with Gasteiger partial charge in [-0.05, 0) is 32.2 Å². The lowest BCUT2D eigenvalue weighted by molar-refractivity contribution is -0.138. The van der Waals surface area contributed by atoms with E-state index < -0.39 is 5.97 Å². The lowest BCUT2D eigenvalue weighted by atomic mass is 10.2. The van der Waals surface area contributed by atoms with Gasteiger partial charge in [-0.3, -0.25) is 5.43 Å². The Bertz CT molecular complexity index is 889. The molecule has 8 heteroatoms. The van der Waals surface area contributed by atoms with Crippen LogP contribution in [0.1, 0.15) is 19.6 Å². The van der Waals surface area contributed by atoms with Crippen LogP contribution in [-0.2, 0) is 9.53 Å². The zero-order valence-corrected chi connectivity index (χ0v) is 15.5. The number of aliphatic imine (C=N–C) groups is 1. The van der Waals surface area contributed by atoms with Crippen molar-refractivity contribution in [2.24, 2.45) is 10.1 Å². The Kier molecular flexibility index (Phi) is 7.00. The molecule has 0 amide bonds. The molecule has 1 aromatic heterocycles. The molecule has 0 aliphatic heterocycles.